The topological polar surface area (TPSA) is 62.5 Å². The van der Waals surface area contributed by atoms with Crippen LogP contribution in [-0.2, 0) is 11.2 Å². The van der Waals surface area contributed by atoms with E-state index < -0.39 is 0 Å². The molecule has 1 aliphatic heterocycles. The van der Waals surface area contributed by atoms with E-state index in [1.807, 2.05) is 46.2 Å². The number of nitrogens with zero attached hydrogens (tertiary/aromatic N) is 4. The van der Waals surface area contributed by atoms with Crippen molar-refractivity contribution in [1.29, 1.82) is 0 Å². The number of hydrogen-bond donors (Lipinski definition) is 1. The van der Waals surface area contributed by atoms with E-state index in [2.05, 4.69) is 51.8 Å². The summed E-state index contributed by atoms with van der Waals surface area (Å²) < 4.78 is 1.83. The quantitative estimate of drug-likeness (QED) is 0.547. The van der Waals surface area contributed by atoms with Crippen LogP contribution in [0.5, 0.6) is 0 Å². The molecule has 0 spiro atoms. The summed E-state index contributed by atoms with van der Waals surface area (Å²) in [6.07, 6.45) is 7.09. The second-order valence-corrected chi connectivity index (χ2v) is 7.86. The van der Waals surface area contributed by atoms with Crippen molar-refractivity contribution in [2.24, 2.45) is 0 Å². The van der Waals surface area contributed by atoms with Gasteiger partial charge in [0.2, 0.25) is 5.91 Å². The summed E-state index contributed by atoms with van der Waals surface area (Å²) in [5.74, 6) is 0.244. The molecular weight excluding hydrogens is 386 g/mol. The molecule has 0 atom stereocenters. The van der Waals surface area contributed by atoms with E-state index in [1.54, 1.807) is 0 Å². The molecule has 2 aromatic carbocycles. The average Bonchev–Trinajstić information content (AvgIpc) is 3.27. The first kappa shape index (κ1) is 19.5. The lowest BCUT2D eigenvalue weighted by Gasteiger charge is -2.27. The van der Waals surface area contributed by atoms with Gasteiger partial charge < -0.3 is 10.2 Å². The summed E-state index contributed by atoms with van der Waals surface area (Å²) in [5.41, 5.74) is 6.25. The van der Waals surface area contributed by atoms with E-state index in [-0.39, 0.29) is 5.91 Å². The van der Waals surface area contributed by atoms with Crippen LogP contribution >= 0.6 is 0 Å². The molecule has 4 aromatic rings. The smallest absolute Gasteiger partial charge is 0.222 e. The zero-order valence-corrected chi connectivity index (χ0v) is 17.4. The van der Waals surface area contributed by atoms with E-state index >= 15 is 0 Å². The fourth-order valence-electron chi connectivity index (χ4n) is 4.03. The summed E-state index contributed by atoms with van der Waals surface area (Å²) in [4.78, 5) is 19.0. The van der Waals surface area contributed by atoms with Gasteiger partial charge in [-0.3, -0.25) is 4.79 Å². The molecule has 1 saturated heterocycles. The number of fused-ring (bicyclic) bond motifs is 1. The van der Waals surface area contributed by atoms with Gasteiger partial charge in [0, 0.05) is 56.1 Å². The van der Waals surface area contributed by atoms with E-state index in [0.717, 1.165) is 60.5 Å². The molecule has 6 nitrogen and oxygen atoms in total. The molecule has 3 heterocycles. The summed E-state index contributed by atoms with van der Waals surface area (Å²) in [5, 5.41) is 7.78. The van der Waals surface area contributed by atoms with Crippen molar-refractivity contribution in [3.05, 3.63) is 78.8 Å². The maximum atomic E-state index is 12.4. The summed E-state index contributed by atoms with van der Waals surface area (Å²) in [7, 11) is 0. The highest BCUT2D eigenvalue weighted by Crippen LogP contribution is 2.25. The molecule has 2 aromatic heterocycles. The summed E-state index contributed by atoms with van der Waals surface area (Å²) >= 11 is 0. The number of aromatic nitrogens is 3. The van der Waals surface area contributed by atoms with Crippen LogP contribution in [0.25, 0.3) is 27.9 Å². The third-order valence-corrected chi connectivity index (χ3v) is 5.83. The van der Waals surface area contributed by atoms with Crippen LogP contribution in [0.3, 0.4) is 0 Å². The number of hydrogen-bond acceptors (Lipinski definition) is 4. The van der Waals surface area contributed by atoms with Gasteiger partial charge in [-0.2, -0.15) is 5.10 Å². The number of carbonyl (C=O) groups is 1. The molecule has 1 fully saturated rings. The van der Waals surface area contributed by atoms with Crippen molar-refractivity contribution in [3.8, 4) is 22.3 Å². The lowest BCUT2D eigenvalue weighted by atomic mass is 10.0. The minimum Gasteiger partial charge on any atom is -0.340 e. The summed E-state index contributed by atoms with van der Waals surface area (Å²) in [6, 6.07) is 18.6. The van der Waals surface area contributed by atoms with Crippen LogP contribution in [0.2, 0.25) is 0 Å². The Morgan fingerprint density at radius 1 is 0.903 bits per heavy atom. The molecule has 5 rings (SSSR count). The maximum absolute atomic E-state index is 12.4. The molecule has 6 heteroatoms. The number of benzene rings is 2. The normalized spacial score (nSPS) is 14.1. The minimum absolute atomic E-state index is 0.244. The van der Waals surface area contributed by atoms with Gasteiger partial charge >= 0.3 is 0 Å². The third kappa shape index (κ3) is 4.20. The molecule has 0 saturated carbocycles. The van der Waals surface area contributed by atoms with Crippen molar-refractivity contribution in [3.63, 3.8) is 0 Å². The van der Waals surface area contributed by atoms with Gasteiger partial charge in [0.15, 0.2) is 5.65 Å². The molecule has 1 aliphatic rings. The second kappa shape index (κ2) is 8.70. The fraction of sp³-hybridized carbons (Fsp3) is 0.240. The number of rotatable bonds is 5. The standard InChI is InChI=1S/C25H25N5O/c31-24(29-14-12-26-13-15-29)11-8-19-6-9-20(10-7-19)22-16-27-25-23(17-28-30(25)18-22)21-4-2-1-3-5-21/h1-7,9-10,16-18,26H,8,11-15H2. The lowest BCUT2D eigenvalue weighted by molar-refractivity contribution is -0.131. The first-order valence-electron chi connectivity index (χ1n) is 10.7. The number of carbonyl (C=O) groups excluding carboxylic acids is 1. The van der Waals surface area contributed by atoms with Gasteiger partial charge in [-0.1, -0.05) is 54.6 Å². The Balaban J connectivity index is 1.28. The van der Waals surface area contributed by atoms with Crippen molar-refractivity contribution in [2.75, 3.05) is 26.2 Å². The Morgan fingerprint density at radius 2 is 1.68 bits per heavy atom. The van der Waals surface area contributed by atoms with E-state index in [9.17, 15) is 4.79 Å². The molecule has 0 unspecified atom stereocenters. The summed E-state index contributed by atoms with van der Waals surface area (Å²) in [6.45, 7) is 3.41. The lowest BCUT2D eigenvalue weighted by Crippen LogP contribution is -2.46. The van der Waals surface area contributed by atoms with Crippen molar-refractivity contribution in [2.45, 2.75) is 12.8 Å². The largest absolute Gasteiger partial charge is 0.340 e. The van der Waals surface area contributed by atoms with Crippen LogP contribution < -0.4 is 5.32 Å². The van der Waals surface area contributed by atoms with E-state index in [1.165, 1.54) is 5.56 Å². The van der Waals surface area contributed by atoms with E-state index in [4.69, 9.17) is 0 Å². The highest BCUT2D eigenvalue weighted by atomic mass is 16.2. The molecule has 0 radical (unpaired) electrons. The molecule has 1 N–H and O–H groups in total. The SMILES string of the molecule is O=C(CCc1ccc(-c2cnc3c(-c4ccccc4)cnn3c2)cc1)N1CCNCC1. The average molecular weight is 412 g/mol. The molecule has 156 valence electrons. The van der Waals surface area contributed by atoms with Crippen molar-refractivity contribution in [1.82, 2.24) is 24.8 Å². The molecule has 0 aliphatic carbocycles. The van der Waals surface area contributed by atoms with E-state index in [0.29, 0.717) is 6.42 Å². The molecule has 31 heavy (non-hydrogen) atoms. The number of aryl methyl sites for hydroxylation is 1. The fourth-order valence-corrected chi connectivity index (χ4v) is 4.03. The van der Waals surface area contributed by atoms with Gasteiger partial charge in [0.25, 0.3) is 0 Å². The van der Waals surface area contributed by atoms with Crippen LogP contribution in [0.15, 0.2) is 73.2 Å². The van der Waals surface area contributed by atoms with Gasteiger partial charge in [-0.25, -0.2) is 9.50 Å². The van der Waals surface area contributed by atoms with Crippen LogP contribution in [-0.4, -0.2) is 51.6 Å². The third-order valence-electron chi connectivity index (χ3n) is 5.83. The minimum atomic E-state index is 0.244. The maximum Gasteiger partial charge on any atom is 0.222 e. The van der Waals surface area contributed by atoms with Crippen LogP contribution in [0, 0.1) is 0 Å². The second-order valence-electron chi connectivity index (χ2n) is 7.86. The molecule has 1 amide bonds. The Bertz CT molecular complexity index is 1180. The zero-order chi connectivity index (χ0) is 21.0. The monoisotopic (exact) mass is 411 g/mol. The Labute approximate surface area is 181 Å². The Morgan fingerprint density at radius 3 is 2.45 bits per heavy atom. The molecular formula is C25H25N5O. The number of nitrogens with one attached hydrogen (secondary N) is 1. The number of piperazine rings is 1. The first-order valence-corrected chi connectivity index (χ1v) is 10.7. The van der Waals surface area contributed by atoms with Gasteiger partial charge in [-0.05, 0) is 23.1 Å². The highest BCUT2D eigenvalue weighted by Gasteiger charge is 2.15. The van der Waals surface area contributed by atoms with Gasteiger partial charge in [0.1, 0.15) is 0 Å². The Kier molecular flexibility index (Phi) is 5.46. The number of amides is 1. The highest BCUT2D eigenvalue weighted by molar-refractivity contribution is 5.78. The predicted octanol–water partition coefficient (Wildman–Crippen LogP) is 3.43. The van der Waals surface area contributed by atoms with Gasteiger partial charge in [0.05, 0.1) is 6.20 Å². The first-order chi connectivity index (χ1) is 15.3. The van der Waals surface area contributed by atoms with Crippen LogP contribution in [0.4, 0.5) is 0 Å². The van der Waals surface area contributed by atoms with Crippen molar-refractivity contribution < 1.29 is 4.79 Å². The van der Waals surface area contributed by atoms with Crippen LogP contribution in [0.1, 0.15) is 12.0 Å². The Hall–Kier alpha value is -3.51. The molecule has 0 bridgehead atoms. The van der Waals surface area contributed by atoms with Gasteiger partial charge in [-0.15, -0.1) is 0 Å². The zero-order valence-electron chi connectivity index (χ0n) is 17.4. The van der Waals surface area contributed by atoms with Crippen molar-refractivity contribution >= 4 is 11.6 Å². The predicted molar refractivity (Wildman–Crippen MR) is 122 cm³/mol.